The standard InChI is InChI=1S/C11H3BrClF3N2O/c12-8-3-7(19-11(14,15)16)2-5-1-6(4-17)10(13)18-9(5)8/h1-3H. The van der Waals surface area contributed by atoms with Gasteiger partial charge in [-0.15, -0.1) is 13.2 Å². The van der Waals surface area contributed by atoms with E-state index in [-0.39, 0.29) is 15.2 Å². The minimum Gasteiger partial charge on any atom is -0.406 e. The van der Waals surface area contributed by atoms with Gasteiger partial charge in [0, 0.05) is 9.86 Å². The van der Waals surface area contributed by atoms with Gasteiger partial charge in [-0.2, -0.15) is 5.26 Å². The molecule has 0 spiro atoms. The summed E-state index contributed by atoms with van der Waals surface area (Å²) in [5, 5.41) is 9.11. The third-order valence-corrected chi connectivity index (χ3v) is 3.05. The summed E-state index contributed by atoms with van der Waals surface area (Å²) in [6.45, 7) is 0. The molecule has 0 radical (unpaired) electrons. The van der Waals surface area contributed by atoms with Gasteiger partial charge in [0.05, 0.1) is 11.1 Å². The molecule has 0 atom stereocenters. The molecule has 98 valence electrons. The number of aromatic nitrogens is 1. The third-order valence-electron chi connectivity index (χ3n) is 2.15. The summed E-state index contributed by atoms with van der Waals surface area (Å²) in [5.74, 6) is -0.403. The molecule has 8 heteroatoms. The summed E-state index contributed by atoms with van der Waals surface area (Å²) in [4.78, 5) is 3.94. The molecular formula is C11H3BrClF3N2O. The van der Waals surface area contributed by atoms with E-state index in [1.165, 1.54) is 6.07 Å². The second kappa shape index (κ2) is 4.87. The van der Waals surface area contributed by atoms with Gasteiger partial charge in [0.25, 0.3) is 0 Å². The lowest BCUT2D eigenvalue weighted by atomic mass is 10.1. The number of hydrogen-bond donors (Lipinski definition) is 0. The van der Waals surface area contributed by atoms with E-state index in [9.17, 15) is 13.2 Å². The van der Waals surface area contributed by atoms with Gasteiger partial charge in [-0.25, -0.2) is 4.98 Å². The third kappa shape index (κ3) is 3.08. The van der Waals surface area contributed by atoms with E-state index in [1.807, 2.05) is 0 Å². The van der Waals surface area contributed by atoms with Crippen molar-refractivity contribution in [1.82, 2.24) is 4.98 Å². The fraction of sp³-hybridized carbons (Fsp3) is 0.0909. The number of benzene rings is 1. The first-order valence-corrected chi connectivity index (χ1v) is 5.93. The van der Waals surface area contributed by atoms with Crippen molar-refractivity contribution in [3.05, 3.63) is 33.4 Å². The molecule has 19 heavy (non-hydrogen) atoms. The number of halogens is 5. The van der Waals surface area contributed by atoms with Crippen LogP contribution in [0.25, 0.3) is 10.9 Å². The zero-order chi connectivity index (χ0) is 14.2. The van der Waals surface area contributed by atoms with Crippen LogP contribution in [0.15, 0.2) is 22.7 Å². The van der Waals surface area contributed by atoms with E-state index in [4.69, 9.17) is 16.9 Å². The maximum atomic E-state index is 12.2. The highest BCUT2D eigenvalue weighted by Gasteiger charge is 2.31. The monoisotopic (exact) mass is 350 g/mol. The molecule has 0 N–H and O–H groups in total. The van der Waals surface area contributed by atoms with Crippen molar-refractivity contribution >= 4 is 38.4 Å². The summed E-state index contributed by atoms with van der Waals surface area (Å²) in [5.41, 5.74) is 0.420. The molecule has 0 aliphatic rings. The lowest BCUT2D eigenvalue weighted by Gasteiger charge is -2.10. The van der Waals surface area contributed by atoms with Gasteiger partial charge in [-0.1, -0.05) is 11.6 Å². The largest absolute Gasteiger partial charge is 0.573 e. The molecule has 0 aliphatic heterocycles. The molecule has 2 rings (SSSR count). The first-order valence-electron chi connectivity index (χ1n) is 4.76. The quantitative estimate of drug-likeness (QED) is 0.715. The Hall–Kier alpha value is -1.52. The topological polar surface area (TPSA) is 45.9 Å². The molecule has 2 aromatic rings. The average molecular weight is 352 g/mol. The van der Waals surface area contributed by atoms with Gasteiger partial charge in [-0.05, 0) is 34.1 Å². The minimum atomic E-state index is -4.79. The SMILES string of the molecule is N#Cc1cc2cc(OC(F)(F)F)cc(Br)c2nc1Cl. The fourth-order valence-electron chi connectivity index (χ4n) is 1.47. The van der Waals surface area contributed by atoms with Crippen molar-refractivity contribution in [2.45, 2.75) is 6.36 Å². The molecule has 0 aliphatic carbocycles. The van der Waals surface area contributed by atoms with E-state index in [1.54, 1.807) is 6.07 Å². The van der Waals surface area contributed by atoms with E-state index in [2.05, 4.69) is 25.7 Å². The van der Waals surface area contributed by atoms with Crippen molar-refractivity contribution < 1.29 is 17.9 Å². The molecule has 1 aromatic heterocycles. The Morgan fingerprint density at radius 1 is 1.32 bits per heavy atom. The second-order valence-electron chi connectivity index (χ2n) is 3.46. The zero-order valence-electron chi connectivity index (χ0n) is 8.92. The van der Waals surface area contributed by atoms with Crippen LogP contribution in [-0.4, -0.2) is 11.3 Å². The Morgan fingerprint density at radius 3 is 2.58 bits per heavy atom. The van der Waals surface area contributed by atoms with E-state index >= 15 is 0 Å². The smallest absolute Gasteiger partial charge is 0.406 e. The fourth-order valence-corrected chi connectivity index (χ4v) is 2.19. The van der Waals surface area contributed by atoms with Crippen molar-refractivity contribution in [2.24, 2.45) is 0 Å². The number of alkyl halides is 3. The lowest BCUT2D eigenvalue weighted by molar-refractivity contribution is -0.274. The van der Waals surface area contributed by atoms with Crippen molar-refractivity contribution in [2.75, 3.05) is 0 Å². The normalized spacial score (nSPS) is 11.4. The molecule has 0 unspecified atom stereocenters. The van der Waals surface area contributed by atoms with Crippen LogP contribution >= 0.6 is 27.5 Å². The number of nitriles is 1. The number of nitrogens with zero attached hydrogens (tertiary/aromatic N) is 2. The predicted octanol–water partition coefficient (Wildman–Crippen LogP) is 4.42. The first kappa shape index (κ1) is 13.9. The Labute approximate surface area is 118 Å². The molecule has 1 heterocycles. The second-order valence-corrected chi connectivity index (χ2v) is 4.68. The van der Waals surface area contributed by atoms with Gasteiger partial charge in [0.2, 0.25) is 0 Å². The van der Waals surface area contributed by atoms with Crippen LogP contribution in [0.4, 0.5) is 13.2 Å². The molecular weight excluding hydrogens is 348 g/mol. The number of pyridine rings is 1. The first-order chi connectivity index (χ1) is 8.80. The van der Waals surface area contributed by atoms with Crippen LogP contribution in [-0.2, 0) is 0 Å². The van der Waals surface area contributed by atoms with Crippen LogP contribution in [0.2, 0.25) is 5.15 Å². The molecule has 0 saturated carbocycles. The van der Waals surface area contributed by atoms with E-state index < -0.39 is 12.1 Å². The molecule has 0 fully saturated rings. The van der Waals surface area contributed by atoms with Gasteiger partial charge < -0.3 is 4.74 Å². The van der Waals surface area contributed by atoms with E-state index in [0.717, 1.165) is 12.1 Å². The number of hydrogen-bond acceptors (Lipinski definition) is 3. The highest BCUT2D eigenvalue weighted by molar-refractivity contribution is 9.10. The van der Waals surface area contributed by atoms with Gasteiger partial charge in [0.1, 0.15) is 17.0 Å². The number of rotatable bonds is 1. The van der Waals surface area contributed by atoms with Gasteiger partial charge in [0.15, 0.2) is 0 Å². The molecule has 0 saturated heterocycles. The van der Waals surface area contributed by atoms with Crippen molar-refractivity contribution in [1.29, 1.82) is 5.26 Å². The Morgan fingerprint density at radius 2 is 2.00 bits per heavy atom. The average Bonchev–Trinajstić information content (AvgIpc) is 2.27. The molecule has 3 nitrogen and oxygen atoms in total. The molecule has 1 aromatic carbocycles. The maximum Gasteiger partial charge on any atom is 0.573 e. The van der Waals surface area contributed by atoms with E-state index in [0.29, 0.717) is 10.9 Å². The zero-order valence-corrected chi connectivity index (χ0v) is 11.3. The number of ether oxygens (including phenoxy) is 1. The van der Waals surface area contributed by atoms with Gasteiger partial charge in [-0.3, -0.25) is 0 Å². The Balaban J connectivity index is 2.62. The molecule has 0 bridgehead atoms. The highest BCUT2D eigenvalue weighted by Crippen LogP contribution is 2.33. The minimum absolute atomic E-state index is 0.0137. The van der Waals surface area contributed by atoms with Gasteiger partial charge >= 0.3 is 6.36 Å². The van der Waals surface area contributed by atoms with Crippen LogP contribution in [0, 0.1) is 11.3 Å². The van der Waals surface area contributed by atoms with Crippen LogP contribution < -0.4 is 4.74 Å². The highest BCUT2D eigenvalue weighted by atomic mass is 79.9. The van der Waals surface area contributed by atoms with Crippen LogP contribution in [0.5, 0.6) is 5.75 Å². The summed E-state index contributed by atoms with van der Waals surface area (Å²) >= 11 is 8.84. The summed E-state index contributed by atoms with van der Waals surface area (Å²) in [6, 6.07) is 5.41. The Bertz CT molecular complexity index is 697. The number of fused-ring (bicyclic) bond motifs is 1. The Kier molecular flexibility index (Phi) is 3.56. The predicted molar refractivity (Wildman–Crippen MR) is 65.9 cm³/mol. The van der Waals surface area contributed by atoms with Crippen molar-refractivity contribution in [3.8, 4) is 11.8 Å². The van der Waals surface area contributed by atoms with Crippen LogP contribution in [0.1, 0.15) is 5.56 Å². The molecule has 0 amide bonds. The summed E-state index contributed by atoms with van der Waals surface area (Å²) < 4.78 is 40.6. The van der Waals surface area contributed by atoms with Crippen molar-refractivity contribution in [3.63, 3.8) is 0 Å². The van der Waals surface area contributed by atoms with Crippen LogP contribution in [0.3, 0.4) is 0 Å². The summed E-state index contributed by atoms with van der Waals surface area (Å²) in [7, 11) is 0. The lowest BCUT2D eigenvalue weighted by Crippen LogP contribution is -2.17. The summed E-state index contributed by atoms with van der Waals surface area (Å²) in [6.07, 6.45) is -4.79. The maximum absolute atomic E-state index is 12.2.